The number of carbonyl (C=O) groups is 2. The standard InChI is InChI=1S/C53H79O15P/c1-3-5-7-8-9-10-11-12-13-14-15-16-17-18-19-20-21-26-34-40-47(57)67-45(42-66-69(63,64)68-53-51(61)49(59)48(58)50(60)52(53)62)41-65-46(56)39-33-25-23-22-24-30-36-44(55)38-32-28-27-31-37-43(54)35-29-6-4-2/h5-7,9-10,12-13,15-16,18-19,21,23-32,37-38,43-45,48-55,58-62H,3-4,8,11,14,17,20,22,33-36,39-42H2,1-2H3,(H,63,64)/b7-5-,10-9-,13-12-,16-15-,19-18-,25-23-,26-21-,28-27-,29-6-,30-24-,37-31+,38-32+/t43-,44+,45-,48?,49-,50+,51-,52-,53?/m1/s1. The Morgan fingerprint density at radius 3 is 1.35 bits per heavy atom. The predicted octanol–water partition coefficient (Wildman–Crippen LogP) is 7.66. The average molecular weight is 987 g/mol. The van der Waals surface area contributed by atoms with Gasteiger partial charge >= 0.3 is 19.8 Å². The molecule has 15 nitrogen and oxygen atoms in total. The van der Waals surface area contributed by atoms with Crippen LogP contribution in [0.4, 0.5) is 0 Å². The third-order valence-electron chi connectivity index (χ3n) is 9.87. The molecule has 0 aliphatic heterocycles. The van der Waals surface area contributed by atoms with E-state index in [0.717, 1.165) is 38.5 Å². The van der Waals surface area contributed by atoms with Crippen molar-refractivity contribution in [3.63, 3.8) is 0 Å². The minimum atomic E-state index is -5.20. The molecule has 8 N–H and O–H groups in total. The van der Waals surface area contributed by atoms with Crippen LogP contribution in [0.25, 0.3) is 0 Å². The summed E-state index contributed by atoms with van der Waals surface area (Å²) in [6, 6.07) is 0. The van der Waals surface area contributed by atoms with Gasteiger partial charge in [-0.3, -0.25) is 18.6 Å². The summed E-state index contributed by atoms with van der Waals surface area (Å²) in [5.74, 6) is -1.38. The Morgan fingerprint density at radius 2 is 0.884 bits per heavy atom. The summed E-state index contributed by atoms with van der Waals surface area (Å²) in [4.78, 5) is 35.7. The molecule has 0 saturated heterocycles. The summed E-state index contributed by atoms with van der Waals surface area (Å²) in [5, 5.41) is 70.2. The zero-order chi connectivity index (χ0) is 51.0. The Morgan fingerprint density at radius 1 is 0.507 bits per heavy atom. The quantitative estimate of drug-likeness (QED) is 0.0130. The highest BCUT2D eigenvalue weighted by molar-refractivity contribution is 7.47. The molecule has 0 radical (unpaired) electrons. The molecule has 1 rings (SSSR count). The van der Waals surface area contributed by atoms with Crippen molar-refractivity contribution in [2.45, 2.75) is 159 Å². The van der Waals surface area contributed by atoms with Gasteiger partial charge in [-0.2, -0.15) is 0 Å². The van der Waals surface area contributed by atoms with Gasteiger partial charge in [-0.05, 0) is 77.0 Å². The zero-order valence-electron chi connectivity index (χ0n) is 40.2. The van der Waals surface area contributed by atoms with E-state index in [-0.39, 0.29) is 12.8 Å². The second kappa shape index (κ2) is 40.4. The Kier molecular flexibility index (Phi) is 36.7. The van der Waals surface area contributed by atoms with E-state index in [9.17, 15) is 54.8 Å². The van der Waals surface area contributed by atoms with Crippen LogP contribution < -0.4 is 0 Å². The van der Waals surface area contributed by atoms with Gasteiger partial charge in [0.05, 0.1) is 18.8 Å². The molecule has 16 heteroatoms. The van der Waals surface area contributed by atoms with Gasteiger partial charge in [-0.1, -0.05) is 160 Å². The van der Waals surface area contributed by atoms with Gasteiger partial charge in [0, 0.05) is 12.8 Å². The molecule has 0 amide bonds. The van der Waals surface area contributed by atoms with Crippen LogP contribution in [0.3, 0.4) is 0 Å². The molecular weight excluding hydrogens is 908 g/mol. The maximum Gasteiger partial charge on any atom is 0.472 e. The molecule has 1 aliphatic carbocycles. The highest BCUT2D eigenvalue weighted by Crippen LogP contribution is 2.47. The smallest absolute Gasteiger partial charge is 0.462 e. The molecule has 0 spiro atoms. The van der Waals surface area contributed by atoms with Crippen LogP contribution in [-0.4, -0.2) is 121 Å². The van der Waals surface area contributed by atoms with Crippen molar-refractivity contribution in [2.24, 2.45) is 0 Å². The molecule has 10 atom stereocenters. The van der Waals surface area contributed by atoms with Crippen molar-refractivity contribution in [1.82, 2.24) is 0 Å². The number of phosphoric acid groups is 1. The fourth-order valence-corrected chi connectivity index (χ4v) is 7.01. The molecule has 0 bridgehead atoms. The van der Waals surface area contributed by atoms with Gasteiger partial charge in [0.25, 0.3) is 0 Å². The van der Waals surface area contributed by atoms with Gasteiger partial charge in [0.2, 0.25) is 0 Å². The number of carbonyl (C=O) groups excluding carboxylic acids is 2. The van der Waals surface area contributed by atoms with Crippen LogP contribution in [0.2, 0.25) is 0 Å². The number of rotatable bonds is 36. The van der Waals surface area contributed by atoms with E-state index in [1.165, 1.54) is 0 Å². The fourth-order valence-electron chi connectivity index (χ4n) is 6.04. The molecule has 0 heterocycles. The van der Waals surface area contributed by atoms with Gasteiger partial charge in [-0.15, -0.1) is 0 Å². The Balaban J connectivity index is 2.61. The largest absolute Gasteiger partial charge is 0.472 e. The van der Waals surface area contributed by atoms with E-state index >= 15 is 0 Å². The predicted molar refractivity (Wildman–Crippen MR) is 269 cm³/mol. The van der Waals surface area contributed by atoms with Crippen LogP contribution in [0, 0.1) is 0 Å². The number of hydrogen-bond donors (Lipinski definition) is 8. The van der Waals surface area contributed by atoms with E-state index in [4.69, 9.17) is 18.5 Å². The minimum absolute atomic E-state index is 0.0406. The summed E-state index contributed by atoms with van der Waals surface area (Å²) in [7, 11) is -5.20. The Bertz CT molecular complexity index is 1790. The number of aliphatic hydroxyl groups is 7. The summed E-state index contributed by atoms with van der Waals surface area (Å²) in [5.41, 5.74) is 0. The molecule has 1 saturated carbocycles. The lowest BCUT2D eigenvalue weighted by Crippen LogP contribution is -2.64. The number of allylic oxidation sites excluding steroid dienone is 20. The average Bonchev–Trinajstić information content (AvgIpc) is 3.32. The first kappa shape index (κ1) is 62.7. The number of ether oxygens (including phenoxy) is 2. The first-order chi connectivity index (χ1) is 33.2. The minimum Gasteiger partial charge on any atom is -0.462 e. The van der Waals surface area contributed by atoms with Crippen molar-refractivity contribution >= 4 is 19.8 Å². The van der Waals surface area contributed by atoms with E-state index in [2.05, 4.69) is 55.5 Å². The lowest BCUT2D eigenvalue weighted by Gasteiger charge is -2.41. The molecule has 0 aromatic heterocycles. The van der Waals surface area contributed by atoms with Crippen LogP contribution >= 0.6 is 7.82 Å². The molecule has 0 aromatic carbocycles. The summed E-state index contributed by atoms with van der Waals surface area (Å²) in [6.45, 7) is 2.76. The van der Waals surface area contributed by atoms with Crippen molar-refractivity contribution in [1.29, 1.82) is 0 Å². The van der Waals surface area contributed by atoms with Crippen molar-refractivity contribution in [3.05, 3.63) is 146 Å². The first-order valence-electron chi connectivity index (χ1n) is 23.9. The topological polar surface area (TPSA) is 250 Å². The van der Waals surface area contributed by atoms with Gasteiger partial charge in [0.15, 0.2) is 6.10 Å². The van der Waals surface area contributed by atoms with E-state index in [0.29, 0.717) is 38.5 Å². The maximum atomic E-state index is 12.8. The molecular formula is C53H79O15P. The summed E-state index contributed by atoms with van der Waals surface area (Å²) < 4.78 is 33.3. The molecule has 69 heavy (non-hydrogen) atoms. The second-order valence-electron chi connectivity index (χ2n) is 15.9. The normalized spacial score (nSPS) is 23.1. The summed E-state index contributed by atoms with van der Waals surface area (Å²) >= 11 is 0. The molecule has 386 valence electrons. The SMILES string of the molecule is CC/C=C\C/C=C\C/C=C\C/C=C\C/C=C\C/C=C\CCC(=O)O[C@H](COC(=O)CC/C=C\C/C=C\C[C@H](O)/C=C/C=C\C=C\[C@H](O)C/C=C\CC)COP(=O)(O)OC1[C@H](O)[C@H](O)C(O)[C@H](O)[C@H]1O. The van der Waals surface area contributed by atoms with Gasteiger partial charge in [-0.25, -0.2) is 4.57 Å². The summed E-state index contributed by atoms with van der Waals surface area (Å²) in [6.07, 6.45) is 39.7. The Hall–Kier alpha value is -4.35. The second-order valence-corrected chi connectivity index (χ2v) is 17.3. The molecule has 3 unspecified atom stereocenters. The number of phosphoric ester groups is 1. The first-order valence-corrected chi connectivity index (χ1v) is 25.4. The van der Waals surface area contributed by atoms with E-state index in [1.54, 1.807) is 48.6 Å². The fraction of sp³-hybridized carbons (Fsp3) is 0.509. The van der Waals surface area contributed by atoms with E-state index in [1.807, 2.05) is 55.5 Å². The molecule has 1 fully saturated rings. The Labute approximate surface area is 409 Å². The van der Waals surface area contributed by atoms with E-state index < -0.39 is 87.9 Å². The monoisotopic (exact) mass is 987 g/mol. The molecule has 0 aromatic rings. The third kappa shape index (κ3) is 33.0. The molecule has 1 aliphatic rings. The number of hydrogen-bond acceptors (Lipinski definition) is 14. The van der Waals surface area contributed by atoms with Crippen LogP contribution in [-0.2, 0) is 32.7 Å². The highest BCUT2D eigenvalue weighted by Gasteiger charge is 2.51. The third-order valence-corrected chi connectivity index (χ3v) is 10.9. The lowest BCUT2D eigenvalue weighted by atomic mass is 9.85. The number of aliphatic hydroxyl groups excluding tert-OH is 7. The lowest BCUT2D eigenvalue weighted by molar-refractivity contribution is -0.220. The highest BCUT2D eigenvalue weighted by atomic mass is 31.2. The van der Waals surface area contributed by atoms with Crippen molar-refractivity contribution in [3.8, 4) is 0 Å². The van der Waals surface area contributed by atoms with Crippen molar-refractivity contribution in [2.75, 3.05) is 13.2 Å². The van der Waals surface area contributed by atoms with Crippen LogP contribution in [0.1, 0.15) is 104 Å². The van der Waals surface area contributed by atoms with Crippen LogP contribution in [0.5, 0.6) is 0 Å². The van der Waals surface area contributed by atoms with Crippen LogP contribution in [0.15, 0.2) is 146 Å². The van der Waals surface area contributed by atoms with Crippen molar-refractivity contribution < 1.29 is 73.3 Å². The zero-order valence-corrected chi connectivity index (χ0v) is 41.1. The van der Waals surface area contributed by atoms with Gasteiger partial charge < -0.3 is 50.1 Å². The number of esters is 2. The van der Waals surface area contributed by atoms with Gasteiger partial charge in [0.1, 0.15) is 43.2 Å². The maximum absolute atomic E-state index is 12.8.